The van der Waals surface area contributed by atoms with Crippen molar-refractivity contribution in [1.82, 2.24) is 10.2 Å². The molecule has 0 saturated carbocycles. The molecule has 0 bridgehead atoms. The minimum absolute atomic E-state index is 0.689. The fourth-order valence-electron chi connectivity index (χ4n) is 2.50. The summed E-state index contributed by atoms with van der Waals surface area (Å²) in [7, 11) is 0. The van der Waals surface area contributed by atoms with Crippen molar-refractivity contribution < 1.29 is 4.74 Å². The van der Waals surface area contributed by atoms with Crippen LogP contribution in [-0.2, 0) is 4.74 Å². The predicted molar refractivity (Wildman–Crippen MR) is 65.2 cm³/mol. The molecule has 16 heavy (non-hydrogen) atoms. The first-order valence-corrected chi connectivity index (χ1v) is 6.35. The maximum absolute atomic E-state index is 5.38. The van der Waals surface area contributed by atoms with Gasteiger partial charge in [-0.05, 0) is 25.2 Å². The molecule has 2 rings (SSSR count). The van der Waals surface area contributed by atoms with Crippen LogP contribution in [0.1, 0.15) is 19.3 Å². The molecule has 3 heteroatoms. The lowest BCUT2D eigenvalue weighted by Gasteiger charge is -2.31. The molecule has 1 atom stereocenters. The van der Waals surface area contributed by atoms with Crippen LogP contribution in [-0.4, -0.2) is 50.3 Å². The zero-order chi connectivity index (χ0) is 11.2. The van der Waals surface area contributed by atoms with E-state index in [0.29, 0.717) is 6.04 Å². The Labute approximate surface area is 98.5 Å². The smallest absolute Gasteiger partial charge is 0.0598 e. The zero-order valence-corrected chi connectivity index (χ0v) is 9.95. The van der Waals surface area contributed by atoms with Crippen molar-refractivity contribution in [2.75, 3.05) is 39.4 Å². The fraction of sp³-hybridized carbons (Fsp3) is 0.846. The van der Waals surface area contributed by atoms with Crippen LogP contribution in [0, 0.1) is 18.3 Å². The molecule has 2 aliphatic heterocycles. The highest BCUT2D eigenvalue weighted by Gasteiger charge is 2.20. The van der Waals surface area contributed by atoms with E-state index in [-0.39, 0.29) is 0 Å². The van der Waals surface area contributed by atoms with Crippen LogP contribution in [0.15, 0.2) is 0 Å². The molecule has 1 N–H and O–H groups in total. The van der Waals surface area contributed by atoms with Gasteiger partial charge in [-0.1, -0.05) is 5.92 Å². The maximum atomic E-state index is 5.38. The van der Waals surface area contributed by atoms with Gasteiger partial charge in [0.15, 0.2) is 0 Å². The van der Waals surface area contributed by atoms with Gasteiger partial charge in [0, 0.05) is 32.3 Å². The minimum atomic E-state index is 0.689. The van der Waals surface area contributed by atoms with Crippen LogP contribution in [0.5, 0.6) is 0 Å². The summed E-state index contributed by atoms with van der Waals surface area (Å²) in [6.07, 6.45) is 9.00. The second-order valence-electron chi connectivity index (χ2n) is 4.89. The van der Waals surface area contributed by atoms with Crippen LogP contribution < -0.4 is 5.32 Å². The highest BCUT2D eigenvalue weighted by molar-refractivity contribution is 4.90. The highest BCUT2D eigenvalue weighted by atomic mass is 16.5. The average Bonchev–Trinajstić information content (AvgIpc) is 2.82. The Morgan fingerprint density at radius 2 is 2.12 bits per heavy atom. The quantitative estimate of drug-likeness (QED) is 0.709. The van der Waals surface area contributed by atoms with Gasteiger partial charge in [0.05, 0.1) is 13.2 Å². The van der Waals surface area contributed by atoms with Crippen LogP contribution in [0.2, 0.25) is 0 Å². The van der Waals surface area contributed by atoms with E-state index in [0.717, 1.165) is 45.3 Å². The fourth-order valence-corrected chi connectivity index (χ4v) is 2.50. The Kier molecular flexibility index (Phi) is 4.65. The molecule has 0 amide bonds. The summed E-state index contributed by atoms with van der Waals surface area (Å²) in [6, 6.07) is 0.689. The molecule has 0 aromatic carbocycles. The molecule has 3 nitrogen and oxygen atoms in total. The lowest BCUT2D eigenvalue weighted by atomic mass is 10.0. The number of rotatable bonds is 4. The van der Waals surface area contributed by atoms with Gasteiger partial charge in [-0.2, -0.15) is 0 Å². The molecule has 2 aliphatic rings. The predicted octanol–water partition coefficient (Wildman–Crippen LogP) is 0.710. The molecule has 2 heterocycles. The monoisotopic (exact) mass is 222 g/mol. The molecular formula is C13H22N2O. The second kappa shape index (κ2) is 6.24. The number of hydrogen-bond acceptors (Lipinski definition) is 3. The minimum Gasteiger partial charge on any atom is -0.381 e. The molecule has 1 unspecified atom stereocenters. The Morgan fingerprint density at radius 1 is 1.31 bits per heavy atom. The SMILES string of the molecule is C#CCN1CCC(NCC2CCOC2)CC1. The number of nitrogens with zero attached hydrogens (tertiary/aromatic N) is 1. The van der Waals surface area contributed by atoms with E-state index in [4.69, 9.17) is 11.2 Å². The van der Waals surface area contributed by atoms with Crippen molar-refractivity contribution in [2.24, 2.45) is 5.92 Å². The summed E-state index contributed by atoms with van der Waals surface area (Å²) in [6.45, 7) is 6.12. The molecule has 0 aliphatic carbocycles. The normalized spacial score (nSPS) is 28.1. The number of hydrogen-bond donors (Lipinski definition) is 1. The Hall–Kier alpha value is -0.560. The number of likely N-dealkylation sites (tertiary alicyclic amines) is 1. The van der Waals surface area contributed by atoms with Gasteiger partial charge in [-0.25, -0.2) is 0 Å². The third-order valence-electron chi connectivity index (χ3n) is 3.62. The average molecular weight is 222 g/mol. The summed E-state index contributed by atoms with van der Waals surface area (Å²) in [4.78, 5) is 2.36. The Balaban J connectivity index is 1.60. The second-order valence-corrected chi connectivity index (χ2v) is 4.89. The van der Waals surface area contributed by atoms with Crippen molar-refractivity contribution >= 4 is 0 Å². The van der Waals surface area contributed by atoms with Gasteiger partial charge in [0.2, 0.25) is 0 Å². The van der Waals surface area contributed by atoms with Crippen LogP contribution in [0.25, 0.3) is 0 Å². The molecule has 2 fully saturated rings. The molecule has 0 aromatic heterocycles. The molecular weight excluding hydrogens is 200 g/mol. The summed E-state index contributed by atoms with van der Waals surface area (Å²) in [5.74, 6) is 3.46. The van der Waals surface area contributed by atoms with E-state index in [9.17, 15) is 0 Å². The topological polar surface area (TPSA) is 24.5 Å². The van der Waals surface area contributed by atoms with Crippen molar-refractivity contribution in [1.29, 1.82) is 0 Å². The zero-order valence-electron chi connectivity index (χ0n) is 9.95. The Morgan fingerprint density at radius 3 is 2.75 bits per heavy atom. The highest BCUT2D eigenvalue weighted by Crippen LogP contribution is 2.14. The number of terminal acetylenes is 1. The van der Waals surface area contributed by atoms with E-state index < -0.39 is 0 Å². The number of piperidine rings is 1. The van der Waals surface area contributed by atoms with Gasteiger partial charge in [0.1, 0.15) is 0 Å². The maximum Gasteiger partial charge on any atom is 0.0598 e. The lowest BCUT2D eigenvalue weighted by molar-refractivity contribution is 0.180. The molecule has 0 aromatic rings. The van der Waals surface area contributed by atoms with E-state index in [1.165, 1.54) is 19.3 Å². The summed E-state index contributed by atoms with van der Waals surface area (Å²) in [5, 5.41) is 3.67. The van der Waals surface area contributed by atoms with E-state index in [2.05, 4.69) is 16.1 Å². The van der Waals surface area contributed by atoms with Gasteiger partial charge in [-0.3, -0.25) is 4.90 Å². The largest absolute Gasteiger partial charge is 0.381 e. The summed E-state index contributed by atoms with van der Waals surface area (Å²) in [5.41, 5.74) is 0. The molecule has 0 radical (unpaired) electrons. The van der Waals surface area contributed by atoms with Crippen LogP contribution in [0.4, 0.5) is 0 Å². The number of nitrogens with one attached hydrogen (secondary N) is 1. The van der Waals surface area contributed by atoms with Gasteiger partial charge in [0.25, 0.3) is 0 Å². The van der Waals surface area contributed by atoms with E-state index in [1.807, 2.05) is 0 Å². The number of ether oxygens (including phenoxy) is 1. The van der Waals surface area contributed by atoms with E-state index in [1.54, 1.807) is 0 Å². The van der Waals surface area contributed by atoms with Crippen molar-refractivity contribution in [3.63, 3.8) is 0 Å². The standard InChI is InChI=1S/C13H22N2O/c1-2-6-15-7-3-13(4-8-15)14-10-12-5-9-16-11-12/h1,12-14H,3-11H2. The summed E-state index contributed by atoms with van der Waals surface area (Å²) < 4.78 is 5.38. The van der Waals surface area contributed by atoms with Crippen molar-refractivity contribution in [3.8, 4) is 12.3 Å². The summed E-state index contributed by atoms with van der Waals surface area (Å²) >= 11 is 0. The molecule has 2 saturated heterocycles. The van der Waals surface area contributed by atoms with E-state index >= 15 is 0 Å². The van der Waals surface area contributed by atoms with Crippen molar-refractivity contribution in [2.45, 2.75) is 25.3 Å². The van der Waals surface area contributed by atoms with Gasteiger partial charge in [-0.15, -0.1) is 6.42 Å². The Bertz CT molecular complexity index is 235. The molecule has 0 spiro atoms. The first-order chi connectivity index (χ1) is 7.88. The first kappa shape index (κ1) is 11.9. The van der Waals surface area contributed by atoms with Crippen LogP contribution >= 0.6 is 0 Å². The third-order valence-corrected chi connectivity index (χ3v) is 3.62. The third kappa shape index (κ3) is 3.48. The first-order valence-electron chi connectivity index (χ1n) is 6.35. The lowest BCUT2D eigenvalue weighted by Crippen LogP contribution is -2.43. The van der Waals surface area contributed by atoms with Gasteiger partial charge < -0.3 is 10.1 Å². The molecule has 90 valence electrons. The van der Waals surface area contributed by atoms with Gasteiger partial charge >= 0.3 is 0 Å². The van der Waals surface area contributed by atoms with Crippen LogP contribution in [0.3, 0.4) is 0 Å². The van der Waals surface area contributed by atoms with Crippen molar-refractivity contribution in [3.05, 3.63) is 0 Å².